The van der Waals surface area contributed by atoms with Gasteiger partial charge in [-0.2, -0.15) is 4.31 Å². The summed E-state index contributed by atoms with van der Waals surface area (Å²) in [4.78, 5) is 13.4. The average Bonchev–Trinajstić information content (AvgIpc) is 2.37. The topological polar surface area (TPSA) is 110 Å². The van der Waals surface area contributed by atoms with E-state index in [2.05, 4.69) is 0 Å². The minimum Gasteiger partial charge on any atom is -0.399 e. The molecule has 4 N–H and O–H groups in total. The van der Waals surface area contributed by atoms with Crippen LogP contribution in [0.1, 0.15) is 10.4 Å². The number of nitrogen functional groups attached to an aromatic ring is 1. The maximum absolute atomic E-state index is 11.5. The van der Waals surface area contributed by atoms with Crippen LogP contribution >= 0.6 is 0 Å². The van der Waals surface area contributed by atoms with Gasteiger partial charge in [-0.3, -0.25) is 4.79 Å². The Morgan fingerprint density at radius 1 is 1.20 bits per heavy atom. The van der Waals surface area contributed by atoms with Gasteiger partial charge in [0.05, 0.1) is 11.8 Å². The number of carbonyl (C=O) groups excluding carboxylic acids is 1. The molecule has 0 atom stereocenters. The summed E-state index contributed by atoms with van der Waals surface area (Å²) in [5, 5.41) is 0. The molecule has 1 aliphatic heterocycles. The summed E-state index contributed by atoms with van der Waals surface area (Å²) in [6.07, 6.45) is 1.20. The van der Waals surface area contributed by atoms with E-state index in [-0.39, 0.29) is 0 Å². The van der Waals surface area contributed by atoms with Gasteiger partial charge in [-0.05, 0) is 18.2 Å². The van der Waals surface area contributed by atoms with Crippen molar-refractivity contribution in [1.82, 2.24) is 4.31 Å². The third-order valence-corrected chi connectivity index (χ3v) is 4.64. The molecule has 0 bridgehead atoms. The van der Waals surface area contributed by atoms with Crippen molar-refractivity contribution >= 4 is 27.3 Å². The molecule has 1 aliphatic rings. The molecule has 1 heterocycles. The molecule has 0 aromatic heterocycles. The molecule has 0 saturated carbocycles. The van der Waals surface area contributed by atoms with Crippen molar-refractivity contribution in [3.8, 4) is 0 Å². The lowest BCUT2D eigenvalue weighted by molar-refractivity contribution is 0.100. The van der Waals surface area contributed by atoms with Gasteiger partial charge in [-0.25, -0.2) is 8.42 Å². The largest absolute Gasteiger partial charge is 0.399 e. The highest BCUT2D eigenvalue weighted by molar-refractivity contribution is 7.88. The molecule has 20 heavy (non-hydrogen) atoms. The van der Waals surface area contributed by atoms with Gasteiger partial charge in [0.1, 0.15) is 0 Å². The standard InChI is InChI=1S/C12H18N4O3S/c1-20(18,19)16-6-4-15(5-7-16)11-3-2-9(13)8-10(11)12(14)17/h2-3,8H,4-7,13H2,1H3,(H2,14,17). The number of primary amides is 1. The molecule has 110 valence electrons. The van der Waals surface area contributed by atoms with Crippen molar-refractivity contribution in [2.75, 3.05) is 43.1 Å². The van der Waals surface area contributed by atoms with E-state index in [4.69, 9.17) is 11.5 Å². The molecule has 0 aliphatic carbocycles. The summed E-state index contributed by atoms with van der Waals surface area (Å²) in [6.45, 7) is 1.80. The van der Waals surface area contributed by atoms with Crippen LogP contribution < -0.4 is 16.4 Å². The van der Waals surface area contributed by atoms with Gasteiger partial charge in [-0.1, -0.05) is 0 Å². The molecule has 0 radical (unpaired) electrons. The second-order valence-corrected chi connectivity index (χ2v) is 6.77. The predicted molar refractivity (Wildman–Crippen MR) is 78.0 cm³/mol. The van der Waals surface area contributed by atoms with E-state index in [1.165, 1.54) is 10.6 Å². The summed E-state index contributed by atoms with van der Waals surface area (Å²) < 4.78 is 24.4. The van der Waals surface area contributed by atoms with Crippen molar-refractivity contribution in [2.45, 2.75) is 0 Å². The summed E-state index contributed by atoms with van der Waals surface area (Å²) in [6, 6.07) is 4.98. The summed E-state index contributed by atoms with van der Waals surface area (Å²) in [5.41, 5.74) is 12.5. The fourth-order valence-electron chi connectivity index (χ4n) is 2.29. The van der Waals surface area contributed by atoms with Crippen molar-refractivity contribution < 1.29 is 13.2 Å². The number of hydrogen-bond donors (Lipinski definition) is 2. The van der Waals surface area contributed by atoms with Crippen LogP contribution in [0.2, 0.25) is 0 Å². The molecule has 1 aromatic carbocycles. The number of nitrogens with two attached hydrogens (primary N) is 2. The van der Waals surface area contributed by atoms with Gasteiger partial charge in [0, 0.05) is 37.6 Å². The number of carbonyl (C=O) groups is 1. The zero-order chi connectivity index (χ0) is 14.9. The second-order valence-electron chi connectivity index (χ2n) is 4.79. The molecule has 8 heteroatoms. The van der Waals surface area contributed by atoms with E-state index in [9.17, 15) is 13.2 Å². The fourth-order valence-corrected chi connectivity index (χ4v) is 3.11. The van der Waals surface area contributed by atoms with E-state index in [1.54, 1.807) is 18.2 Å². The minimum atomic E-state index is -3.17. The quantitative estimate of drug-likeness (QED) is 0.728. The number of anilines is 2. The highest BCUT2D eigenvalue weighted by Crippen LogP contribution is 2.24. The van der Waals surface area contributed by atoms with Gasteiger partial charge >= 0.3 is 0 Å². The number of sulfonamides is 1. The first-order chi connectivity index (χ1) is 9.29. The van der Waals surface area contributed by atoms with Crippen molar-refractivity contribution in [2.24, 2.45) is 5.73 Å². The lowest BCUT2D eigenvalue weighted by atomic mass is 10.1. The number of rotatable bonds is 3. The first-order valence-corrected chi connectivity index (χ1v) is 8.03. The maximum Gasteiger partial charge on any atom is 0.250 e. The Balaban J connectivity index is 2.21. The maximum atomic E-state index is 11.5. The highest BCUT2D eigenvalue weighted by atomic mass is 32.2. The first kappa shape index (κ1) is 14.6. The van der Waals surface area contributed by atoms with Crippen LogP contribution in [0, 0.1) is 0 Å². The molecule has 0 unspecified atom stereocenters. The molecular formula is C12H18N4O3S. The number of piperazine rings is 1. The second kappa shape index (κ2) is 5.29. The van der Waals surface area contributed by atoms with Crippen LogP contribution in [0.4, 0.5) is 11.4 Å². The smallest absolute Gasteiger partial charge is 0.250 e. The lowest BCUT2D eigenvalue weighted by Crippen LogP contribution is -2.48. The highest BCUT2D eigenvalue weighted by Gasteiger charge is 2.25. The summed E-state index contributed by atoms with van der Waals surface area (Å²) in [5.74, 6) is -0.544. The number of hydrogen-bond acceptors (Lipinski definition) is 5. The van der Waals surface area contributed by atoms with E-state index < -0.39 is 15.9 Å². The van der Waals surface area contributed by atoms with Crippen LogP contribution in [0.3, 0.4) is 0 Å². The van der Waals surface area contributed by atoms with Crippen LogP contribution in [-0.4, -0.2) is 51.1 Å². The Morgan fingerprint density at radius 2 is 1.80 bits per heavy atom. The van der Waals surface area contributed by atoms with Crippen molar-refractivity contribution in [1.29, 1.82) is 0 Å². The summed E-state index contributed by atoms with van der Waals surface area (Å²) >= 11 is 0. The molecule has 2 rings (SSSR count). The Morgan fingerprint density at radius 3 is 2.30 bits per heavy atom. The van der Waals surface area contributed by atoms with Gasteiger partial charge in [-0.15, -0.1) is 0 Å². The zero-order valence-electron chi connectivity index (χ0n) is 11.2. The van der Waals surface area contributed by atoms with E-state index in [0.29, 0.717) is 43.1 Å². The molecule has 1 fully saturated rings. The molecule has 0 spiro atoms. The van der Waals surface area contributed by atoms with Gasteiger partial charge in [0.2, 0.25) is 10.0 Å². The summed E-state index contributed by atoms with van der Waals surface area (Å²) in [7, 11) is -3.17. The third-order valence-electron chi connectivity index (χ3n) is 3.33. The average molecular weight is 298 g/mol. The van der Waals surface area contributed by atoms with Gasteiger partial charge in [0.15, 0.2) is 0 Å². The monoisotopic (exact) mass is 298 g/mol. The van der Waals surface area contributed by atoms with Crippen LogP contribution in [0.5, 0.6) is 0 Å². The normalized spacial score (nSPS) is 17.1. The van der Waals surface area contributed by atoms with Crippen LogP contribution in [0.25, 0.3) is 0 Å². The van der Waals surface area contributed by atoms with Crippen molar-refractivity contribution in [3.05, 3.63) is 23.8 Å². The minimum absolute atomic E-state index is 0.359. The van der Waals surface area contributed by atoms with E-state index in [0.717, 1.165) is 0 Å². The number of nitrogens with zero attached hydrogens (tertiary/aromatic N) is 2. The molecule has 1 amide bonds. The number of amides is 1. The zero-order valence-corrected chi connectivity index (χ0v) is 12.1. The van der Waals surface area contributed by atoms with Gasteiger partial charge in [0.25, 0.3) is 5.91 Å². The molecular weight excluding hydrogens is 280 g/mol. The number of benzene rings is 1. The Hall–Kier alpha value is -1.80. The Kier molecular flexibility index (Phi) is 3.87. The van der Waals surface area contributed by atoms with Crippen LogP contribution in [0.15, 0.2) is 18.2 Å². The lowest BCUT2D eigenvalue weighted by Gasteiger charge is -2.35. The Bertz CT molecular complexity index is 622. The van der Waals surface area contributed by atoms with Gasteiger partial charge < -0.3 is 16.4 Å². The molecule has 7 nitrogen and oxygen atoms in total. The molecule has 1 aromatic rings. The predicted octanol–water partition coefficient (Wildman–Crippen LogP) is -0.551. The molecule has 1 saturated heterocycles. The Labute approximate surface area is 118 Å². The SMILES string of the molecule is CS(=O)(=O)N1CCN(c2ccc(N)cc2C(N)=O)CC1. The van der Waals surface area contributed by atoms with Crippen LogP contribution in [-0.2, 0) is 10.0 Å². The van der Waals surface area contributed by atoms with E-state index >= 15 is 0 Å². The first-order valence-electron chi connectivity index (χ1n) is 6.18. The van der Waals surface area contributed by atoms with Crippen molar-refractivity contribution in [3.63, 3.8) is 0 Å². The fraction of sp³-hybridized carbons (Fsp3) is 0.417. The van der Waals surface area contributed by atoms with E-state index in [1.807, 2.05) is 4.90 Å². The third kappa shape index (κ3) is 3.02.